The molecule has 1 heterocycles. The summed E-state index contributed by atoms with van der Waals surface area (Å²) in [7, 11) is -3.86. The summed E-state index contributed by atoms with van der Waals surface area (Å²) < 4.78 is 38.4. The van der Waals surface area contributed by atoms with E-state index in [9.17, 15) is 8.42 Å². The fraction of sp³-hybridized carbons (Fsp3) is 0.889. The van der Waals surface area contributed by atoms with E-state index in [1.165, 1.54) is 0 Å². The zero-order valence-electron chi connectivity index (χ0n) is 10.3. The summed E-state index contributed by atoms with van der Waals surface area (Å²) in [5.74, 6) is -3.05. The second-order valence-electron chi connectivity index (χ2n) is 4.83. The summed E-state index contributed by atoms with van der Waals surface area (Å²) in [6, 6.07) is 0. The number of ether oxygens (including phenoxy) is 2. The lowest BCUT2D eigenvalue weighted by Gasteiger charge is -2.34. The van der Waals surface area contributed by atoms with Crippen molar-refractivity contribution < 1.29 is 22.1 Å². The second-order valence-corrected chi connectivity index (χ2v) is 6.79. The van der Waals surface area contributed by atoms with E-state index in [2.05, 4.69) is 0 Å². The van der Waals surface area contributed by atoms with Crippen molar-refractivity contribution in [1.29, 1.82) is 5.41 Å². The van der Waals surface area contributed by atoms with Crippen molar-refractivity contribution in [3.8, 4) is 0 Å². The molecule has 8 heteroatoms. The number of halogens is 1. The average molecular weight is 286 g/mol. The second kappa shape index (κ2) is 3.89. The van der Waals surface area contributed by atoms with Gasteiger partial charge < -0.3 is 9.47 Å². The van der Waals surface area contributed by atoms with Gasteiger partial charge in [-0.05, 0) is 27.7 Å². The van der Waals surface area contributed by atoms with Crippen LogP contribution in [0.1, 0.15) is 27.7 Å². The van der Waals surface area contributed by atoms with E-state index in [0.29, 0.717) is 0 Å². The molecule has 0 unspecified atom stereocenters. The van der Waals surface area contributed by atoms with E-state index in [-0.39, 0.29) is 0 Å². The van der Waals surface area contributed by atoms with Gasteiger partial charge >= 0.3 is 0 Å². The van der Waals surface area contributed by atoms with Gasteiger partial charge in [-0.2, -0.15) is 8.42 Å². The molecular formula is C9H16ClNO5S. The first-order chi connectivity index (χ1) is 7.31. The summed E-state index contributed by atoms with van der Waals surface area (Å²) in [5, 5.41) is 6.94. The van der Waals surface area contributed by atoms with Gasteiger partial charge in [0, 0.05) is 0 Å². The monoisotopic (exact) mass is 285 g/mol. The predicted octanol–water partition coefficient (Wildman–Crippen LogP) is 1.44. The highest BCUT2D eigenvalue weighted by Crippen LogP contribution is 2.46. The van der Waals surface area contributed by atoms with E-state index in [1.54, 1.807) is 27.7 Å². The van der Waals surface area contributed by atoms with E-state index in [4.69, 9.17) is 30.7 Å². The Morgan fingerprint density at radius 2 is 1.71 bits per heavy atom. The Bertz CT molecular complexity index is 444. The van der Waals surface area contributed by atoms with Crippen molar-refractivity contribution in [2.24, 2.45) is 0 Å². The maximum Gasteiger partial charge on any atom is 0.270 e. The Morgan fingerprint density at radius 3 is 1.94 bits per heavy atom. The van der Waals surface area contributed by atoms with Gasteiger partial charge in [-0.1, -0.05) is 11.6 Å². The van der Waals surface area contributed by atoms with Crippen LogP contribution in [0.2, 0.25) is 0 Å². The van der Waals surface area contributed by atoms with Crippen LogP contribution in [0.3, 0.4) is 0 Å². The molecule has 0 bridgehead atoms. The summed E-state index contributed by atoms with van der Waals surface area (Å²) in [6.45, 7) is 6.26. The lowest BCUT2D eigenvalue weighted by molar-refractivity contribution is -0.186. The molecule has 1 aliphatic rings. The third kappa shape index (κ3) is 2.79. The first-order valence-corrected chi connectivity index (χ1v) is 7.06. The van der Waals surface area contributed by atoms with Gasteiger partial charge in [0.2, 0.25) is 0 Å². The van der Waals surface area contributed by atoms with Crippen LogP contribution in [0, 0.1) is 5.41 Å². The van der Waals surface area contributed by atoms with Crippen molar-refractivity contribution in [3.05, 3.63) is 0 Å². The molecule has 1 N–H and O–H groups in total. The molecule has 0 aliphatic carbocycles. The molecule has 0 aromatic heterocycles. The van der Waals surface area contributed by atoms with Gasteiger partial charge in [0.15, 0.2) is 11.0 Å². The SMILES string of the molecule is CC1(C)OC(C)(C)[C@@](OS(C)(=O)=O)(C(=N)Cl)O1. The molecule has 1 atom stereocenters. The van der Waals surface area contributed by atoms with E-state index < -0.39 is 32.5 Å². The highest BCUT2D eigenvalue weighted by atomic mass is 35.5. The molecular weight excluding hydrogens is 270 g/mol. The Labute approximate surface area is 106 Å². The minimum atomic E-state index is -3.86. The maximum atomic E-state index is 11.3. The van der Waals surface area contributed by atoms with Gasteiger partial charge in [-0.25, -0.2) is 4.18 Å². The summed E-state index contributed by atoms with van der Waals surface area (Å²) in [5.41, 5.74) is -1.21. The van der Waals surface area contributed by atoms with Crippen molar-refractivity contribution in [1.82, 2.24) is 0 Å². The first-order valence-electron chi connectivity index (χ1n) is 4.87. The zero-order chi connectivity index (χ0) is 13.7. The number of nitrogens with one attached hydrogen (secondary N) is 1. The number of hydrogen-bond donors (Lipinski definition) is 1. The van der Waals surface area contributed by atoms with Gasteiger partial charge in [-0.3, -0.25) is 5.41 Å². The van der Waals surface area contributed by atoms with Crippen LogP contribution < -0.4 is 0 Å². The topological polar surface area (TPSA) is 85.7 Å². The van der Waals surface area contributed by atoms with Crippen LogP contribution in [0.4, 0.5) is 0 Å². The van der Waals surface area contributed by atoms with Crippen LogP contribution in [0.5, 0.6) is 0 Å². The zero-order valence-corrected chi connectivity index (χ0v) is 11.9. The molecule has 1 fully saturated rings. The summed E-state index contributed by atoms with van der Waals surface area (Å²) >= 11 is 5.65. The van der Waals surface area contributed by atoms with Gasteiger partial charge in [0.25, 0.3) is 15.9 Å². The molecule has 0 saturated carbocycles. The Hall–Kier alpha value is -0.210. The molecule has 0 aromatic rings. The smallest absolute Gasteiger partial charge is 0.270 e. The molecule has 100 valence electrons. The van der Waals surface area contributed by atoms with E-state index >= 15 is 0 Å². The average Bonchev–Trinajstić information content (AvgIpc) is 2.12. The highest BCUT2D eigenvalue weighted by Gasteiger charge is 2.64. The van der Waals surface area contributed by atoms with Gasteiger partial charge in [-0.15, -0.1) is 0 Å². The molecule has 6 nitrogen and oxygen atoms in total. The normalized spacial score (nSPS) is 31.4. The fourth-order valence-electron chi connectivity index (χ4n) is 1.85. The number of hydrogen-bond acceptors (Lipinski definition) is 6. The number of rotatable bonds is 3. The molecule has 17 heavy (non-hydrogen) atoms. The molecule has 0 amide bonds. The van der Waals surface area contributed by atoms with Crippen LogP contribution in [-0.2, 0) is 23.8 Å². The third-order valence-corrected chi connectivity index (χ3v) is 3.03. The Kier molecular flexibility index (Phi) is 3.40. The van der Waals surface area contributed by atoms with Crippen LogP contribution in [0.15, 0.2) is 0 Å². The van der Waals surface area contributed by atoms with Crippen molar-refractivity contribution in [2.75, 3.05) is 6.26 Å². The molecule has 0 radical (unpaired) electrons. The standard InChI is InChI=1S/C9H16ClNO5S/c1-7(2)9(6(10)11,16-17(5,12)13)15-8(3,4)14-7/h11H,1-5H3/t9-/m0/s1. The predicted molar refractivity (Wildman–Crippen MR) is 62.6 cm³/mol. The molecule has 0 spiro atoms. The minimum Gasteiger partial charge on any atom is -0.338 e. The molecule has 1 rings (SSSR count). The summed E-state index contributed by atoms with van der Waals surface area (Å²) in [4.78, 5) is 0. The van der Waals surface area contributed by atoms with E-state index in [1.807, 2.05) is 0 Å². The quantitative estimate of drug-likeness (QED) is 0.626. The van der Waals surface area contributed by atoms with Crippen LogP contribution >= 0.6 is 11.6 Å². The van der Waals surface area contributed by atoms with Gasteiger partial charge in [0.1, 0.15) is 5.60 Å². The molecule has 0 aromatic carbocycles. The first kappa shape index (κ1) is 14.8. The molecule has 1 saturated heterocycles. The van der Waals surface area contributed by atoms with E-state index in [0.717, 1.165) is 6.26 Å². The van der Waals surface area contributed by atoms with Crippen molar-refractivity contribution >= 4 is 26.9 Å². The Balaban J connectivity index is 3.31. The molecule has 1 aliphatic heterocycles. The lowest BCUT2D eigenvalue weighted by atomic mass is 9.99. The van der Waals surface area contributed by atoms with Crippen molar-refractivity contribution in [2.45, 2.75) is 44.9 Å². The third-order valence-electron chi connectivity index (χ3n) is 2.24. The maximum absolute atomic E-state index is 11.3. The Morgan fingerprint density at radius 1 is 1.24 bits per heavy atom. The highest BCUT2D eigenvalue weighted by molar-refractivity contribution is 7.86. The largest absolute Gasteiger partial charge is 0.338 e. The minimum absolute atomic E-state index is 0.585. The summed E-state index contributed by atoms with van der Waals surface area (Å²) in [6.07, 6.45) is 0.860. The lowest BCUT2D eigenvalue weighted by Crippen LogP contribution is -2.55. The van der Waals surface area contributed by atoms with Crippen LogP contribution in [0.25, 0.3) is 0 Å². The van der Waals surface area contributed by atoms with Gasteiger partial charge in [0.05, 0.1) is 6.26 Å². The van der Waals surface area contributed by atoms with Crippen LogP contribution in [-0.4, -0.2) is 37.0 Å². The fourth-order valence-corrected chi connectivity index (χ4v) is 2.94. The van der Waals surface area contributed by atoms with Crippen molar-refractivity contribution in [3.63, 3.8) is 0 Å².